The van der Waals surface area contributed by atoms with Gasteiger partial charge in [-0.1, -0.05) is 23.2 Å². The summed E-state index contributed by atoms with van der Waals surface area (Å²) in [5, 5.41) is 7.79. The second kappa shape index (κ2) is 7.73. The fourth-order valence-electron chi connectivity index (χ4n) is 2.76. The lowest BCUT2D eigenvalue weighted by molar-refractivity contribution is 0.0498. The third-order valence-electron chi connectivity index (χ3n) is 3.78. The molecule has 1 aliphatic carbocycles. The molecular weight excluding hydrogens is 335 g/mol. The number of ether oxygens (including phenoxy) is 1. The fourth-order valence-corrected chi connectivity index (χ4v) is 3.13. The molecule has 2 atom stereocenters. The Bertz CT molecular complexity index is 558. The average molecular weight is 359 g/mol. The highest BCUT2D eigenvalue weighted by atomic mass is 35.5. The third kappa shape index (κ3) is 5.87. The minimum atomic E-state index is -0.486. The molecule has 0 spiro atoms. The van der Waals surface area contributed by atoms with Crippen LogP contribution in [0.3, 0.4) is 0 Å². The van der Waals surface area contributed by atoms with E-state index in [1.807, 2.05) is 26.8 Å². The monoisotopic (exact) mass is 358 g/mol. The van der Waals surface area contributed by atoms with Gasteiger partial charge in [-0.15, -0.1) is 0 Å². The second-order valence-corrected chi connectivity index (χ2v) is 7.75. The van der Waals surface area contributed by atoms with Gasteiger partial charge in [-0.25, -0.2) is 4.79 Å². The summed E-state index contributed by atoms with van der Waals surface area (Å²) < 4.78 is 5.33. The molecule has 1 saturated carbocycles. The molecule has 0 aromatic heterocycles. The van der Waals surface area contributed by atoms with Crippen molar-refractivity contribution < 1.29 is 9.53 Å². The molecule has 0 heterocycles. The highest BCUT2D eigenvalue weighted by Gasteiger charge is 2.29. The number of amides is 1. The smallest absolute Gasteiger partial charge is 0.407 e. The maximum atomic E-state index is 11.9. The molecule has 128 valence electrons. The number of hydrogen-bond acceptors (Lipinski definition) is 3. The Morgan fingerprint density at radius 1 is 1.26 bits per heavy atom. The number of halogens is 2. The standard InChI is InChI=1S/C17H24Cl2N2O2/c1-17(2,3)23-16(22)21-15-6-4-5-14(15)20-10-11-9-12(18)7-8-13(11)19/h7-9,14-15,20H,4-6,10H2,1-3H3,(H,21,22). The highest BCUT2D eigenvalue weighted by molar-refractivity contribution is 6.33. The molecular formula is C17H24Cl2N2O2. The molecule has 1 aromatic rings. The third-order valence-corrected chi connectivity index (χ3v) is 4.38. The number of hydrogen-bond donors (Lipinski definition) is 2. The van der Waals surface area contributed by atoms with E-state index in [1.54, 1.807) is 12.1 Å². The molecule has 0 aliphatic heterocycles. The van der Waals surface area contributed by atoms with Crippen LogP contribution in [0, 0.1) is 0 Å². The largest absolute Gasteiger partial charge is 0.444 e. The van der Waals surface area contributed by atoms with Crippen LogP contribution in [0.25, 0.3) is 0 Å². The van der Waals surface area contributed by atoms with Crippen molar-refractivity contribution in [1.29, 1.82) is 0 Å². The maximum absolute atomic E-state index is 11.9. The normalized spacial score (nSPS) is 21.3. The van der Waals surface area contributed by atoms with Crippen LogP contribution in [0.4, 0.5) is 4.79 Å². The molecule has 1 fully saturated rings. The van der Waals surface area contributed by atoms with Crippen molar-refractivity contribution in [3.8, 4) is 0 Å². The van der Waals surface area contributed by atoms with Crippen molar-refractivity contribution in [3.63, 3.8) is 0 Å². The van der Waals surface area contributed by atoms with Crippen LogP contribution in [0.5, 0.6) is 0 Å². The lowest BCUT2D eigenvalue weighted by Gasteiger charge is -2.25. The summed E-state index contributed by atoms with van der Waals surface area (Å²) in [5.41, 5.74) is 0.474. The fraction of sp³-hybridized carbons (Fsp3) is 0.588. The molecule has 0 bridgehead atoms. The Kier molecular flexibility index (Phi) is 6.18. The topological polar surface area (TPSA) is 50.4 Å². The van der Waals surface area contributed by atoms with Crippen molar-refractivity contribution in [2.24, 2.45) is 0 Å². The lowest BCUT2D eigenvalue weighted by Crippen LogP contribution is -2.47. The second-order valence-electron chi connectivity index (χ2n) is 6.91. The van der Waals surface area contributed by atoms with Crippen molar-refractivity contribution >= 4 is 29.3 Å². The summed E-state index contributed by atoms with van der Waals surface area (Å²) in [4.78, 5) is 11.9. The quantitative estimate of drug-likeness (QED) is 0.831. The average Bonchev–Trinajstić information content (AvgIpc) is 2.85. The van der Waals surface area contributed by atoms with E-state index in [2.05, 4.69) is 10.6 Å². The Hall–Kier alpha value is -0.970. The minimum absolute atomic E-state index is 0.0720. The summed E-state index contributed by atoms with van der Waals surface area (Å²) in [6.07, 6.45) is 2.66. The molecule has 0 radical (unpaired) electrons. The van der Waals surface area contributed by atoms with Gasteiger partial charge in [0.05, 0.1) is 0 Å². The van der Waals surface area contributed by atoms with Crippen LogP contribution in [-0.2, 0) is 11.3 Å². The molecule has 0 saturated heterocycles. The first-order chi connectivity index (χ1) is 10.7. The van der Waals surface area contributed by atoms with Crippen LogP contribution in [0.2, 0.25) is 10.0 Å². The molecule has 23 heavy (non-hydrogen) atoms. The number of rotatable bonds is 4. The Balaban J connectivity index is 1.89. The molecule has 1 amide bonds. The van der Waals surface area contributed by atoms with Gasteiger partial charge >= 0.3 is 6.09 Å². The lowest BCUT2D eigenvalue weighted by atomic mass is 10.1. The summed E-state index contributed by atoms with van der Waals surface area (Å²) in [6.45, 7) is 6.20. The van der Waals surface area contributed by atoms with E-state index in [-0.39, 0.29) is 18.2 Å². The van der Waals surface area contributed by atoms with Gasteiger partial charge in [-0.2, -0.15) is 0 Å². The zero-order chi connectivity index (χ0) is 17.0. The van der Waals surface area contributed by atoms with Crippen LogP contribution in [0.15, 0.2) is 18.2 Å². The first kappa shape index (κ1) is 18.4. The summed E-state index contributed by atoms with van der Waals surface area (Å²) in [6, 6.07) is 5.71. The van der Waals surface area contributed by atoms with Crippen LogP contribution >= 0.6 is 23.2 Å². The van der Waals surface area contributed by atoms with Gasteiger partial charge in [0.25, 0.3) is 0 Å². The van der Waals surface area contributed by atoms with Gasteiger partial charge in [-0.3, -0.25) is 0 Å². The highest BCUT2D eigenvalue weighted by Crippen LogP contribution is 2.23. The van der Waals surface area contributed by atoms with E-state index in [1.165, 1.54) is 0 Å². The van der Waals surface area contributed by atoms with E-state index in [0.29, 0.717) is 16.6 Å². The first-order valence-corrected chi connectivity index (χ1v) is 8.67. The van der Waals surface area contributed by atoms with Crippen molar-refractivity contribution in [1.82, 2.24) is 10.6 Å². The maximum Gasteiger partial charge on any atom is 0.407 e. The van der Waals surface area contributed by atoms with Gasteiger partial charge in [0.2, 0.25) is 0 Å². The van der Waals surface area contributed by atoms with Gasteiger partial charge in [-0.05, 0) is 63.8 Å². The van der Waals surface area contributed by atoms with Crippen molar-refractivity contribution in [2.75, 3.05) is 0 Å². The zero-order valence-electron chi connectivity index (χ0n) is 13.8. The van der Waals surface area contributed by atoms with E-state index >= 15 is 0 Å². The molecule has 1 aromatic carbocycles. The van der Waals surface area contributed by atoms with Gasteiger partial charge in [0.1, 0.15) is 5.60 Å². The number of benzene rings is 1. The van der Waals surface area contributed by atoms with E-state index in [0.717, 1.165) is 24.8 Å². The molecule has 2 unspecified atom stereocenters. The Morgan fingerprint density at radius 3 is 2.65 bits per heavy atom. The number of nitrogens with one attached hydrogen (secondary N) is 2. The van der Waals surface area contributed by atoms with Gasteiger partial charge < -0.3 is 15.4 Å². The number of carbonyl (C=O) groups excluding carboxylic acids is 1. The number of carbonyl (C=O) groups is 1. The van der Waals surface area contributed by atoms with Crippen molar-refractivity contribution in [2.45, 2.75) is 64.3 Å². The van der Waals surface area contributed by atoms with E-state index in [9.17, 15) is 4.79 Å². The molecule has 1 aliphatic rings. The Labute approximate surface area is 147 Å². The molecule has 4 nitrogen and oxygen atoms in total. The van der Waals surface area contributed by atoms with Crippen molar-refractivity contribution in [3.05, 3.63) is 33.8 Å². The van der Waals surface area contributed by atoms with E-state index < -0.39 is 5.60 Å². The number of alkyl carbamates (subject to hydrolysis) is 1. The SMILES string of the molecule is CC(C)(C)OC(=O)NC1CCCC1NCc1cc(Cl)ccc1Cl. The van der Waals surface area contributed by atoms with E-state index in [4.69, 9.17) is 27.9 Å². The van der Waals surface area contributed by atoms with Crippen LogP contribution in [0.1, 0.15) is 45.6 Å². The predicted molar refractivity (Wildman–Crippen MR) is 94.1 cm³/mol. The molecule has 2 rings (SSSR count). The Morgan fingerprint density at radius 2 is 1.96 bits per heavy atom. The zero-order valence-corrected chi connectivity index (χ0v) is 15.3. The summed E-state index contributed by atoms with van der Waals surface area (Å²) in [7, 11) is 0. The van der Waals surface area contributed by atoms with Gasteiger partial charge in [0.15, 0.2) is 0 Å². The molecule has 2 N–H and O–H groups in total. The predicted octanol–water partition coefficient (Wildman–Crippen LogP) is 4.53. The van der Waals surface area contributed by atoms with Gasteiger partial charge in [0, 0.05) is 28.7 Å². The van der Waals surface area contributed by atoms with Crippen LogP contribution in [-0.4, -0.2) is 23.8 Å². The minimum Gasteiger partial charge on any atom is -0.444 e. The summed E-state index contributed by atoms with van der Waals surface area (Å²) in [5.74, 6) is 0. The molecule has 6 heteroatoms. The van der Waals surface area contributed by atoms with Crippen LogP contribution < -0.4 is 10.6 Å². The summed E-state index contributed by atoms with van der Waals surface area (Å²) >= 11 is 12.2. The first-order valence-electron chi connectivity index (χ1n) is 7.91.